The van der Waals surface area contributed by atoms with E-state index in [2.05, 4.69) is 20.7 Å². The van der Waals surface area contributed by atoms with Gasteiger partial charge in [-0.2, -0.15) is 0 Å². The minimum Gasteiger partial charge on any atom is -0.466 e. The zero-order valence-corrected chi connectivity index (χ0v) is 11.8. The van der Waals surface area contributed by atoms with Gasteiger partial charge in [-0.3, -0.25) is 4.79 Å². The number of carbonyl (C=O) groups excluding carboxylic acids is 1. The lowest BCUT2D eigenvalue weighted by Crippen LogP contribution is -2.15. The highest BCUT2D eigenvalue weighted by Crippen LogP contribution is 2.11. The number of nitrogens with one attached hydrogen (secondary N) is 2. The molecular formula is C12H21N5O3. The molecule has 0 unspecified atom stereocenters. The van der Waals surface area contributed by atoms with E-state index in [4.69, 9.17) is 15.3 Å². The van der Waals surface area contributed by atoms with Crippen LogP contribution in [0.2, 0.25) is 0 Å². The largest absolute Gasteiger partial charge is 0.466 e. The van der Waals surface area contributed by atoms with E-state index in [1.165, 1.54) is 0 Å². The van der Waals surface area contributed by atoms with Gasteiger partial charge in [0.25, 0.3) is 0 Å². The lowest BCUT2D eigenvalue weighted by atomic mass is 10.4. The Kier molecular flexibility index (Phi) is 7.30. The molecule has 1 aromatic rings. The van der Waals surface area contributed by atoms with E-state index in [-0.39, 0.29) is 12.4 Å². The topological polar surface area (TPSA) is 111 Å². The van der Waals surface area contributed by atoms with Gasteiger partial charge in [-0.05, 0) is 13.8 Å². The molecule has 8 nitrogen and oxygen atoms in total. The highest BCUT2D eigenvalue weighted by molar-refractivity contribution is 5.70. The summed E-state index contributed by atoms with van der Waals surface area (Å²) >= 11 is 0. The standard InChI is InChI=1S/C12H21N5O3/c1-3-19-8-11-15-9(7-10(16-11)17-13)14-6-5-12(18)20-4-2/h7H,3-6,8,13H2,1-2H3,(H2,14,15,16,17). The van der Waals surface area contributed by atoms with Gasteiger partial charge < -0.3 is 20.2 Å². The van der Waals surface area contributed by atoms with Crippen LogP contribution in [0, 0.1) is 0 Å². The van der Waals surface area contributed by atoms with Crippen molar-refractivity contribution < 1.29 is 14.3 Å². The van der Waals surface area contributed by atoms with Gasteiger partial charge in [0.2, 0.25) is 0 Å². The summed E-state index contributed by atoms with van der Waals surface area (Å²) in [5, 5.41) is 3.02. The molecule has 0 amide bonds. The van der Waals surface area contributed by atoms with Crippen molar-refractivity contribution in [3.05, 3.63) is 11.9 Å². The Morgan fingerprint density at radius 3 is 2.70 bits per heavy atom. The monoisotopic (exact) mass is 283 g/mol. The molecule has 0 saturated carbocycles. The summed E-state index contributed by atoms with van der Waals surface area (Å²) < 4.78 is 10.1. The summed E-state index contributed by atoms with van der Waals surface area (Å²) in [4.78, 5) is 19.6. The molecule has 0 radical (unpaired) electrons. The summed E-state index contributed by atoms with van der Waals surface area (Å²) in [6.07, 6.45) is 0.268. The molecule has 0 aromatic carbocycles. The number of aromatic nitrogens is 2. The molecule has 4 N–H and O–H groups in total. The lowest BCUT2D eigenvalue weighted by Gasteiger charge is -2.09. The van der Waals surface area contributed by atoms with Gasteiger partial charge in [-0.25, -0.2) is 15.8 Å². The minimum absolute atomic E-state index is 0.249. The van der Waals surface area contributed by atoms with E-state index in [0.29, 0.717) is 43.8 Å². The van der Waals surface area contributed by atoms with Crippen molar-refractivity contribution in [3.63, 3.8) is 0 Å². The van der Waals surface area contributed by atoms with E-state index in [1.54, 1.807) is 13.0 Å². The number of esters is 1. The number of ether oxygens (including phenoxy) is 2. The van der Waals surface area contributed by atoms with Crippen LogP contribution in [0.25, 0.3) is 0 Å². The van der Waals surface area contributed by atoms with Gasteiger partial charge in [-0.1, -0.05) is 0 Å². The predicted molar refractivity (Wildman–Crippen MR) is 74.9 cm³/mol. The first-order valence-electron chi connectivity index (χ1n) is 6.51. The molecule has 0 bridgehead atoms. The number of hydrazine groups is 1. The Labute approximate surface area is 118 Å². The fraction of sp³-hybridized carbons (Fsp3) is 0.583. The molecule has 0 atom stereocenters. The number of nitrogens with two attached hydrogens (primary N) is 1. The highest BCUT2D eigenvalue weighted by Gasteiger charge is 2.06. The van der Waals surface area contributed by atoms with E-state index in [1.807, 2.05) is 6.92 Å². The second kappa shape index (κ2) is 9.05. The molecule has 0 fully saturated rings. The summed E-state index contributed by atoms with van der Waals surface area (Å²) in [6, 6.07) is 1.65. The van der Waals surface area contributed by atoms with Gasteiger partial charge in [0, 0.05) is 19.2 Å². The Balaban J connectivity index is 2.57. The van der Waals surface area contributed by atoms with Crippen LogP contribution in [0.1, 0.15) is 26.1 Å². The summed E-state index contributed by atoms with van der Waals surface area (Å²) in [7, 11) is 0. The third-order valence-electron chi connectivity index (χ3n) is 2.30. The number of anilines is 2. The van der Waals surface area contributed by atoms with Gasteiger partial charge in [0.1, 0.15) is 18.2 Å². The van der Waals surface area contributed by atoms with Crippen LogP contribution in [-0.2, 0) is 20.9 Å². The van der Waals surface area contributed by atoms with Crippen molar-refractivity contribution in [1.82, 2.24) is 9.97 Å². The molecule has 0 aliphatic rings. The van der Waals surface area contributed by atoms with Crippen molar-refractivity contribution in [2.45, 2.75) is 26.9 Å². The minimum atomic E-state index is -0.249. The Morgan fingerprint density at radius 1 is 1.30 bits per heavy atom. The quantitative estimate of drug-likeness (QED) is 0.344. The average molecular weight is 283 g/mol. The number of hydrogen-bond donors (Lipinski definition) is 3. The van der Waals surface area contributed by atoms with E-state index in [0.717, 1.165) is 0 Å². The SMILES string of the molecule is CCOCc1nc(NN)cc(NCCC(=O)OCC)n1. The maximum Gasteiger partial charge on any atom is 0.307 e. The second-order valence-electron chi connectivity index (χ2n) is 3.82. The van der Waals surface area contributed by atoms with E-state index < -0.39 is 0 Å². The first-order chi connectivity index (χ1) is 9.69. The molecule has 0 saturated heterocycles. The molecule has 8 heteroatoms. The molecule has 112 valence electrons. The van der Waals surface area contributed by atoms with Crippen LogP contribution in [0.4, 0.5) is 11.6 Å². The number of hydrogen-bond acceptors (Lipinski definition) is 8. The van der Waals surface area contributed by atoms with Gasteiger partial charge in [0.05, 0.1) is 13.0 Å². The van der Waals surface area contributed by atoms with E-state index in [9.17, 15) is 4.79 Å². The van der Waals surface area contributed by atoms with Crippen LogP contribution in [0.15, 0.2) is 6.07 Å². The van der Waals surface area contributed by atoms with Crippen LogP contribution >= 0.6 is 0 Å². The Bertz CT molecular complexity index is 428. The van der Waals surface area contributed by atoms with Gasteiger partial charge >= 0.3 is 5.97 Å². The fourth-order valence-electron chi connectivity index (χ4n) is 1.45. The average Bonchev–Trinajstić information content (AvgIpc) is 2.45. The predicted octanol–water partition coefficient (Wildman–Crippen LogP) is 0.664. The lowest BCUT2D eigenvalue weighted by molar-refractivity contribution is -0.142. The first-order valence-corrected chi connectivity index (χ1v) is 6.51. The first kappa shape index (κ1) is 16.1. The Hall–Kier alpha value is -1.93. The summed E-state index contributed by atoms with van der Waals surface area (Å²) in [5.74, 6) is 6.67. The summed E-state index contributed by atoms with van der Waals surface area (Å²) in [5.41, 5.74) is 2.47. The van der Waals surface area contributed by atoms with Crippen LogP contribution < -0.4 is 16.6 Å². The number of rotatable bonds is 9. The number of carbonyl (C=O) groups is 1. The van der Waals surface area contributed by atoms with Crippen molar-refractivity contribution in [2.75, 3.05) is 30.5 Å². The third-order valence-corrected chi connectivity index (χ3v) is 2.30. The van der Waals surface area contributed by atoms with Crippen molar-refractivity contribution in [3.8, 4) is 0 Å². The van der Waals surface area contributed by atoms with Crippen LogP contribution in [0.5, 0.6) is 0 Å². The molecule has 1 rings (SSSR count). The van der Waals surface area contributed by atoms with Crippen LogP contribution in [0.3, 0.4) is 0 Å². The highest BCUT2D eigenvalue weighted by atomic mass is 16.5. The normalized spacial score (nSPS) is 10.2. The van der Waals surface area contributed by atoms with Gasteiger partial charge in [-0.15, -0.1) is 0 Å². The van der Waals surface area contributed by atoms with Crippen LogP contribution in [-0.4, -0.2) is 35.7 Å². The van der Waals surface area contributed by atoms with Crippen molar-refractivity contribution in [1.29, 1.82) is 0 Å². The van der Waals surface area contributed by atoms with Crippen molar-refractivity contribution >= 4 is 17.6 Å². The van der Waals surface area contributed by atoms with Crippen molar-refractivity contribution in [2.24, 2.45) is 5.84 Å². The summed E-state index contributed by atoms with van der Waals surface area (Å²) in [6.45, 7) is 5.35. The smallest absolute Gasteiger partial charge is 0.307 e. The Morgan fingerprint density at radius 2 is 2.05 bits per heavy atom. The number of nitrogens with zero attached hydrogens (tertiary/aromatic N) is 2. The molecule has 0 aliphatic carbocycles. The molecule has 1 heterocycles. The third kappa shape index (κ3) is 5.81. The zero-order chi connectivity index (χ0) is 14.8. The zero-order valence-electron chi connectivity index (χ0n) is 11.8. The molecule has 1 aromatic heterocycles. The molecule has 20 heavy (non-hydrogen) atoms. The fourth-order valence-corrected chi connectivity index (χ4v) is 1.45. The second-order valence-corrected chi connectivity index (χ2v) is 3.82. The maximum atomic E-state index is 11.2. The van der Waals surface area contributed by atoms with E-state index >= 15 is 0 Å². The molecule has 0 aliphatic heterocycles. The molecular weight excluding hydrogens is 262 g/mol. The maximum absolute atomic E-state index is 11.2. The van der Waals surface area contributed by atoms with Gasteiger partial charge in [0.15, 0.2) is 5.82 Å². The number of nitrogen functional groups attached to an aromatic ring is 1. The molecule has 0 spiro atoms.